The molecule has 0 saturated carbocycles. The smallest absolute Gasteiger partial charge is 0.425 e. The van der Waals surface area contributed by atoms with Gasteiger partial charge in [-0.1, -0.05) is 30.3 Å². The molecule has 0 spiro atoms. The molecule has 0 saturated heterocycles. The molecule has 0 atom stereocenters. The van der Waals surface area contributed by atoms with Gasteiger partial charge in [-0.15, -0.1) is 11.6 Å². The van der Waals surface area contributed by atoms with Crippen LogP contribution in [-0.4, -0.2) is 36.8 Å². The van der Waals surface area contributed by atoms with Crippen molar-refractivity contribution in [3.63, 3.8) is 0 Å². The summed E-state index contributed by atoms with van der Waals surface area (Å²) < 4.78 is 32.7. The molecular weight excluding hydrogens is 328 g/mol. The molecule has 1 N–H and O–H groups in total. The molecular formula is C14H21ClN2O4S. The molecule has 0 heterocycles. The third kappa shape index (κ3) is 6.21. The minimum atomic E-state index is -4.03. The summed E-state index contributed by atoms with van der Waals surface area (Å²) in [4.78, 5) is 12.2. The fraction of sp³-hybridized carbons (Fsp3) is 0.500. The number of hydrogen-bond acceptors (Lipinski definition) is 4. The Morgan fingerprint density at radius 3 is 2.36 bits per heavy atom. The molecule has 0 aliphatic carbocycles. The number of rotatable bonds is 6. The van der Waals surface area contributed by atoms with Crippen molar-refractivity contribution in [2.75, 3.05) is 12.4 Å². The Hall–Kier alpha value is -1.31. The summed E-state index contributed by atoms with van der Waals surface area (Å²) in [5, 5.41) is 0. The zero-order chi connectivity index (χ0) is 16.8. The van der Waals surface area contributed by atoms with E-state index >= 15 is 0 Å². The minimum absolute atomic E-state index is 0.0258. The van der Waals surface area contributed by atoms with Crippen LogP contribution >= 0.6 is 11.6 Å². The summed E-state index contributed by atoms with van der Waals surface area (Å²) in [6.45, 7) is 4.92. The van der Waals surface area contributed by atoms with Crippen LogP contribution in [-0.2, 0) is 21.5 Å². The van der Waals surface area contributed by atoms with Crippen molar-refractivity contribution in [3.8, 4) is 0 Å². The molecule has 0 unspecified atom stereocenters. The van der Waals surface area contributed by atoms with Crippen molar-refractivity contribution in [2.24, 2.45) is 0 Å². The van der Waals surface area contributed by atoms with Gasteiger partial charge in [-0.05, 0) is 26.3 Å². The number of nitrogens with one attached hydrogen (secondary N) is 1. The molecule has 0 bridgehead atoms. The van der Waals surface area contributed by atoms with Gasteiger partial charge in [0.1, 0.15) is 5.60 Å². The van der Waals surface area contributed by atoms with Gasteiger partial charge in [0.15, 0.2) is 0 Å². The fourth-order valence-corrected chi connectivity index (χ4v) is 2.83. The van der Waals surface area contributed by atoms with Gasteiger partial charge >= 0.3 is 16.3 Å². The number of alkyl halides is 1. The average molecular weight is 349 g/mol. The maximum Gasteiger partial charge on any atom is 0.425 e. The first-order valence-corrected chi connectivity index (χ1v) is 8.73. The van der Waals surface area contributed by atoms with E-state index in [4.69, 9.17) is 16.3 Å². The number of carbonyl (C=O) groups is 1. The standard InChI is InChI=1S/C14H21ClN2O4S/c1-14(2,3)21-13(18)17(22(19,20)16-10-9-15)11-12-7-5-4-6-8-12/h4-8,16H,9-11H2,1-3H3. The summed E-state index contributed by atoms with van der Waals surface area (Å²) in [5.41, 5.74) is -0.127. The highest BCUT2D eigenvalue weighted by Crippen LogP contribution is 2.15. The van der Waals surface area contributed by atoms with Crippen molar-refractivity contribution in [1.29, 1.82) is 0 Å². The second kappa shape index (κ2) is 7.80. The topological polar surface area (TPSA) is 75.7 Å². The van der Waals surface area contributed by atoms with E-state index in [2.05, 4.69) is 4.72 Å². The van der Waals surface area contributed by atoms with E-state index in [-0.39, 0.29) is 19.0 Å². The normalized spacial score (nSPS) is 12.0. The van der Waals surface area contributed by atoms with E-state index in [0.717, 1.165) is 0 Å². The number of nitrogens with zero attached hydrogens (tertiary/aromatic N) is 1. The first-order chi connectivity index (χ1) is 10.2. The van der Waals surface area contributed by atoms with Gasteiger partial charge < -0.3 is 4.74 Å². The van der Waals surface area contributed by atoms with E-state index in [9.17, 15) is 13.2 Å². The lowest BCUT2D eigenvalue weighted by Gasteiger charge is -2.27. The maximum atomic E-state index is 12.3. The Balaban J connectivity index is 3.02. The maximum absolute atomic E-state index is 12.3. The van der Waals surface area contributed by atoms with Crippen LogP contribution in [0.3, 0.4) is 0 Å². The molecule has 6 nitrogen and oxygen atoms in total. The second-order valence-corrected chi connectivity index (χ2v) is 7.62. The van der Waals surface area contributed by atoms with E-state index in [1.54, 1.807) is 45.0 Å². The third-order valence-electron chi connectivity index (χ3n) is 2.44. The lowest BCUT2D eigenvalue weighted by atomic mass is 10.2. The summed E-state index contributed by atoms with van der Waals surface area (Å²) >= 11 is 5.50. The van der Waals surface area contributed by atoms with Crippen LogP contribution in [0.1, 0.15) is 26.3 Å². The Morgan fingerprint density at radius 1 is 1.27 bits per heavy atom. The predicted octanol–water partition coefficient (Wildman–Crippen LogP) is 2.50. The Kier molecular flexibility index (Phi) is 6.65. The zero-order valence-corrected chi connectivity index (χ0v) is 14.4. The average Bonchev–Trinajstić information content (AvgIpc) is 2.41. The molecule has 1 rings (SSSR count). The van der Waals surface area contributed by atoms with Crippen LogP contribution in [0.25, 0.3) is 0 Å². The number of hydrogen-bond donors (Lipinski definition) is 1. The molecule has 0 radical (unpaired) electrons. The minimum Gasteiger partial charge on any atom is -0.443 e. The molecule has 22 heavy (non-hydrogen) atoms. The van der Waals surface area contributed by atoms with Gasteiger partial charge in [0, 0.05) is 12.4 Å². The first kappa shape index (κ1) is 18.7. The molecule has 0 aliphatic rings. The SMILES string of the molecule is CC(C)(C)OC(=O)N(Cc1ccccc1)S(=O)(=O)NCCCl. The van der Waals surface area contributed by atoms with Crippen LogP contribution < -0.4 is 4.72 Å². The molecule has 8 heteroatoms. The van der Waals surface area contributed by atoms with E-state index in [1.807, 2.05) is 6.07 Å². The Labute approximate surface area is 136 Å². The van der Waals surface area contributed by atoms with Crippen molar-refractivity contribution >= 4 is 27.9 Å². The molecule has 0 fully saturated rings. The molecule has 124 valence electrons. The quantitative estimate of drug-likeness (QED) is 0.801. The summed E-state index contributed by atoms with van der Waals surface area (Å²) in [6, 6.07) is 8.80. The molecule has 1 amide bonds. The fourth-order valence-electron chi connectivity index (χ4n) is 1.56. The Bertz CT molecular complexity index is 585. The van der Waals surface area contributed by atoms with Gasteiger partial charge in [0.05, 0.1) is 6.54 Å². The van der Waals surface area contributed by atoms with Crippen molar-refractivity contribution in [2.45, 2.75) is 32.9 Å². The number of carbonyl (C=O) groups excluding carboxylic acids is 1. The third-order valence-corrected chi connectivity index (χ3v) is 4.05. The van der Waals surface area contributed by atoms with Crippen LogP contribution in [0.2, 0.25) is 0 Å². The first-order valence-electron chi connectivity index (χ1n) is 6.76. The summed E-state index contributed by atoms with van der Waals surface area (Å²) in [6.07, 6.45) is -0.932. The highest BCUT2D eigenvalue weighted by Gasteiger charge is 2.31. The lowest BCUT2D eigenvalue weighted by Crippen LogP contribution is -2.46. The molecule has 0 aromatic heterocycles. The number of amides is 1. The number of benzene rings is 1. The lowest BCUT2D eigenvalue weighted by molar-refractivity contribution is 0.0380. The number of halogens is 1. The van der Waals surface area contributed by atoms with Gasteiger partial charge in [0.2, 0.25) is 0 Å². The molecule has 0 aliphatic heterocycles. The van der Waals surface area contributed by atoms with Gasteiger partial charge in [-0.2, -0.15) is 17.4 Å². The van der Waals surface area contributed by atoms with E-state index in [0.29, 0.717) is 9.87 Å². The Morgan fingerprint density at radius 2 is 1.86 bits per heavy atom. The second-order valence-electron chi connectivity index (χ2n) is 5.56. The molecule has 1 aromatic carbocycles. The monoisotopic (exact) mass is 348 g/mol. The van der Waals surface area contributed by atoms with Crippen LogP contribution in [0.4, 0.5) is 4.79 Å². The van der Waals surface area contributed by atoms with Crippen LogP contribution in [0, 0.1) is 0 Å². The van der Waals surface area contributed by atoms with Gasteiger partial charge in [-0.3, -0.25) is 0 Å². The largest absolute Gasteiger partial charge is 0.443 e. The zero-order valence-electron chi connectivity index (χ0n) is 12.9. The van der Waals surface area contributed by atoms with E-state index < -0.39 is 21.9 Å². The van der Waals surface area contributed by atoms with Crippen molar-refractivity contribution < 1.29 is 17.9 Å². The van der Waals surface area contributed by atoms with Crippen LogP contribution in [0.5, 0.6) is 0 Å². The van der Waals surface area contributed by atoms with E-state index in [1.165, 1.54) is 0 Å². The van der Waals surface area contributed by atoms with Gasteiger partial charge in [0.25, 0.3) is 0 Å². The highest BCUT2D eigenvalue weighted by atomic mass is 35.5. The summed E-state index contributed by atoms with van der Waals surface area (Å²) in [7, 11) is -4.03. The van der Waals surface area contributed by atoms with Gasteiger partial charge in [-0.25, -0.2) is 4.79 Å². The number of ether oxygens (including phenoxy) is 1. The predicted molar refractivity (Wildman–Crippen MR) is 85.9 cm³/mol. The molecule has 1 aromatic rings. The van der Waals surface area contributed by atoms with Crippen LogP contribution in [0.15, 0.2) is 30.3 Å². The highest BCUT2D eigenvalue weighted by molar-refractivity contribution is 7.87. The summed E-state index contributed by atoms with van der Waals surface area (Å²) in [5.74, 6) is 0.104. The van der Waals surface area contributed by atoms with Crippen molar-refractivity contribution in [1.82, 2.24) is 9.03 Å². The van der Waals surface area contributed by atoms with Crippen molar-refractivity contribution in [3.05, 3.63) is 35.9 Å².